The molecule has 0 radical (unpaired) electrons. The van der Waals surface area contributed by atoms with Crippen molar-refractivity contribution in [3.05, 3.63) is 223 Å². The van der Waals surface area contributed by atoms with Crippen molar-refractivity contribution < 1.29 is 0 Å². The van der Waals surface area contributed by atoms with E-state index < -0.39 is 0 Å². The SMILES string of the molecule is c1ccc(C2=NC(c3ccc(-n4c5c6ccccc6ccc5c5c6c7ccccc7c(-c7ccccc7)cc6c6ccccc6c54)cc3)=NC(c3ccccc3)N2)cc1. The monoisotopic (exact) mass is 752 g/mol. The third-order valence-electron chi connectivity index (χ3n) is 12.0. The number of rotatable bonds is 5. The highest BCUT2D eigenvalue weighted by Gasteiger charge is 2.24. The second-order valence-corrected chi connectivity index (χ2v) is 15.3. The topological polar surface area (TPSA) is 41.7 Å². The maximum Gasteiger partial charge on any atom is 0.159 e. The molecule has 4 heteroatoms. The van der Waals surface area contributed by atoms with Crippen LogP contribution in [-0.2, 0) is 0 Å². The average Bonchev–Trinajstić information content (AvgIpc) is 3.68. The first-order chi connectivity index (χ1) is 29.3. The molecule has 1 atom stereocenters. The molecule has 1 aliphatic rings. The van der Waals surface area contributed by atoms with E-state index in [-0.39, 0.29) is 6.17 Å². The van der Waals surface area contributed by atoms with Gasteiger partial charge >= 0.3 is 0 Å². The van der Waals surface area contributed by atoms with Crippen LogP contribution in [0.4, 0.5) is 0 Å². The van der Waals surface area contributed by atoms with Crippen LogP contribution in [0, 0.1) is 0 Å². The fourth-order valence-corrected chi connectivity index (χ4v) is 9.34. The molecular weight excluding hydrogens is 717 g/mol. The maximum absolute atomic E-state index is 5.18. The van der Waals surface area contributed by atoms with Crippen LogP contribution in [-0.4, -0.2) is 16.2 Å². The van der Waals surface area contributed by atoms with Crippen molar-refractivity contribution in [3.8, 4) is 16.8 Å². The van der Waals surface area contributed by atoms with E-state index in [9.17, 15) is 0 Å². The summed E-state index contributed by atoms with van der Waals surface area (Å²) >= 11 is 0. The first-order valence-corrected chi connectivity index (χ1v) is 20.2. The van der Waals surface area contributed by atoms with Crippen LogP contribution in [0.15, 0.2) is 216 Å². The number of aliphatic imine (C=N–C) groups is 2. The van der Waals surface area contributed by atoms with Gasteiger partial charge in [-0.05, 0) is 74.0 Å². The van der Waals surface area contributed by atoms with Gasteiger partial charge < -0.3 is 9.88 Å². The first-order valence-electron chi connectivity index (χ1n) is 20.2. The highest BCUT2D eigenvalue weighted by molar-refractivity contribution is 6.39. The summed E-state index contributed by atoms with van der Waals surface area (Å²) in [5, 5.41) is 16.0. The van der Waals surface area contributed by atoms with Gasteiger partial charge in [0.25, 0.3) is 0 Å². The lowest BCUT2D eigenvalue weighted by Gasteiger charge is -2.23. The van der Waals surface area contributed by atoms with Crippen molar-refractivity contribution in [3.63, 3.8) is 0 Å². The Morgan fingerprint density at radius 1 is 0.407 bits per heavy atom. The van der Waals surface area contributed by atoms with Gasteiger partial charge in [-0.25, -0.2) is 9.98 Å². The lowest BCUT2D eigenvalue weighted by molar-refractivity contribution is 0.674. The molecule has 1 aromatic heterocycles. The summed E-state index contributed by atoms with van der Waals surface area (Å²) in [6.45, 7) is 0. The Morgan fingerprint density at radius 2 is 1.02 bits per heavy atom. The van der Waals surface area contributed by atoms with E-state index >= 15 is 0 Å². The van der Waals surface area contributed by atoms with Gasteiger partial charge in [-0.2, -0.15) is 0 Å². The Kier molecular flexibility index (Phi) is 7.57. The molecule has 0 spiro atoms. The number of aromatic nitrogens is 1. The van der Waals surface area contributed by atoms with Gasteiger partial charge in [0.2, 0.25) is 0 Å². The molecule has 1 unspecified atom stereocenters. The number of benzene rings is 10. The molecule has 0 bridgehead atoms. The number of nitrogens with zero attached hydrogens (tertiary/aromatic N) is 3. The minimum absolute atomic E-state index is 0.265. The van der Waals surface area contributed by atoms with E-state index in [0.717, 1.165) is 28.2 Å². The lowest BCUT2D eigenvalue weighted by Crippen LogP contribution is -2.33. The average molecular weight is 753 g/mol. The van der Waals surface area contributed by atoms with Gasteiger partial charge in [0.1, 0.15) is 12.0 Å². The molecule has 1 N–H and O–H groups in total. The Morgan fingerprint density at radius 3 is 1.76 bits per heavy atom. The van der Waals surface area contributed by atoms with Gasteiger partial charge in [-0.1, -0.05) is 176 Å². The quantitative estimate of drug-likeness (QED) is 0.175. The minimum atomic E-state index is -0.265. The first kappa shape index (κ1) is 33.3. The summed E-state index contributed by atoms with van der Waals surface area (Å²) in [7, 11) is 0. The lowest BCUT2D eigenvalue weighted by atomic mass is 9.88. The summed E-state index contributed by atoms with van der Waals surface area (Å²) in [6, 6.07) is 74.1. The molecule has 1 aliphatic heterocycles. The molecule has 12 rings (SSSR count). The van der Waals surface area contributed by atoms with Crippen LogP contribution in [0.3, 0.4) is 0 Å². The summed E-state index contributed by atoms with van der Waals surface area (Å²) < 4.78 is 2.51. The van der Waals surface area contributed by atoms with Crippen LogP contribution in [0.5, 0.6) is 0 Å². The minimum Gasteiger partial charge on any atom is -0.344 e. The second kappa shape index (κ2) is 13.4. The van der Waals surface area contributed by atoms with Crippen molar-refractivity contribution >= 4 is 76.6 Å². The van der Waals surface area contributed by atoms with Gasteiger partial charge in [0, 0.05) is 43.7 Å². The molecule has 59 heavy (non-hydrogen) atoms. The van der Waals surface area contributed by atoms with Crippen molar-refractivity contribution in [2.75, 3.05) is 0 Å². The highest BCUT2D eigenvalue weighted by Crippen LogP contribution is 2.48. The number of fused-ring (bicyclic) bond motifs is 12. The third-order valence-corrected chi connectivity index (χ3v) is 12.0. The fourth-order valence-electron chi connectivity index (χ4n) is 9.34. The number of nitrogens with one attached hydrogen (secondary N) is 1. The zero-order valence-corrected chi connectivity index (χ0v) is 32.0. The largest absolute Gasteiger partial charge is 0.344 e. The highest BCUT2D eigenvalue weighted by atomic mass is 15.2. The molecule has 4 nitrogen and oxygen atoms in total. The standard InChI is InChI=1S/C55H36N4/c1-4-16-35(17-5-1)47-34-48-43-25-13-15-27-45(43)52-50(49(48)44-26-14-12-24-42(44)47)46-33-30-36-18-10-11-23-41(36)51(46)59(52)40-31-28-39(29-32-40)55-57-53(37-19-6-2-7-20-37)56-54(58-55)38-21-8-3-9-22-38/h1-34,53H,(H,56,57,58). The van der Waals surface area contributed by atoms with Gasteiger partial charge in [-0.3, -0.25) is 0 Å². The van der Waals surface area contributed by atoms with Crippen molar-refractivity contribution in [2.24, 2.45) is 9.98 Å². The van der Waals surface area contributed by atoms with Crippen LogP contribution >= 0.6 is 0 Å². The van der Waals surface area contributed by atoms with E-state index in [0.29, 0.717) is 5.84 Å². The van der Waals surface area contributed by atoms with Crippen LogP contribution in [0.2, 0.25) is 0 Å². The summed E-state index contributed by atoms with van der Waals surface area (Å²) in [6.07, 6.45) is -0.265. The Bertz CT molecular complexity index is 3490. The predicted octanol–water partition coefficient (Wildman–Crippen LogP) is 13.6. The third kappa shape index (κ3) is 5.30. The van der Waals surface area contributed by atoms with Gasteiger partial charge in [0.15, 0.2) is 5.84 Å². The molecule has 0 saturated carbocycles. The van der Waals surface area contributed by atoms with Crippen molar-refractivity contribution in [1.29, 1.82) is 0 Å². The number of hydrogen-bond acceptors (Lipinski definition) is 3. The molecule has 11 aromatic rings. The Hall–Kier alpha value is -7.82. The zero-order valence-electron chi connectivity index (χ0n) is 32.0. The van der Waals surface area contributed by atoms with Crippen molar-refractivity contribution in [1.82, 2.24) is 9.88 Å². The Balaban J connectivity index is 1.14. The Labute approximate surface area is 341 Å². The molecule has 0 fully saturated rings. The summed E-state index contributed by atoms with van der Waals surface area (Å²) in [5.74, 6) is 1.51. The van der Waals surface area contributed by atoms with E-state index in [1.807, 2.05) is 24.3 Å². The maximum atomic E-state index is 5.18. The second-order valence-electron chi connectivity index (χ2n) is 15.3. The molecule has 0 amide bonds. The molecule has 276 valence electrons. The van der Waals surface area contributed by atoms with E-state index in [1.165, 1.54) is 76.0 Å². The summed E-state index contributed by atoms with van der Waals surface area (Å²) in [4.78, 5) is 10.3. The molecule has 10 aromatic carbocycles. The van der Waals surface area contributed by atoms with Crippen LogP contribution in [0.25, 0.3) is 81.7 Å². The van der Waals surface area contributed by atoms with Gasteiger partial charge in [0.05, 0.1) is 11.0 Å². The van der Waals surface area contributed by atoms with Crippen molar-refractivity contribution in [2.45, 2.75) is 6.17 Å². The normalized spacial score (nSPS) is 14.3. The van der Waals surface area contributed by atoms with Gasteiger partial charge in [-0.15, -0.1) is 0 Å². The smallest absolute Gasteiger partial charge is 0.159 e. The molecule has 0 aliphatic carbocycles. The number of hydrogen-bond donors (Lipinski definition) is 1. The molecular formula is C55H36N4. The van der Waals surface area contributed by atoms with E-state index in [2.05, 4.69) is 192 Å². The number of amidine groups is 2. The molecule has 0 saturated heterocycles. The van der Waals surface area contributed by atoms with E-state index in [1.54, 1.807) is 0 Å². The fraction of sp³-hybridized carbons (Fsp3) is 0.0182. The van der Waals surface area contributed by atoms with E-state index in [4.69, 9.17) is 9.98 Å². The predicted molar refractivity (Wildman–Crippen MR) is 248 cm³/mol. The molecule has 2 heterocycles. The van der Waals surface area contributed by atoms with Crippen LogP contribution in [0.1, 0.15) is 22.9 Å². The van der Waals surface area contributed by atoms with Crippen LogP contribution < -0.4 is 5.32 Å². The zero-order chi connectivity index (χ0) is 38.9. The summed E-state index contributed by atoms with van der Waals surface area (Å²) in [5.41, 5.74) is 9.03.